The molecular formula is C45H46ClN7O7. The van der Waals surface area contributed by atoms with Crippen LogP contribution in [-0.2, 0) is 9.59 Å². The van der Waals surface area contributed by atoms with E-state index in [2.05, 4.69) is 21.2 Å². The van der Waals surface area contributed by atoms with Gasteiger partial charge in [0.05, 0.1) is 21.7 Å². The minimum Gasteiger partial charge on any atom is -0.490 e. The number of hydrogen-bond acceptors (Lipinski definition) is 10. The number of anilines is 1. The molecule has 3 aromatic rings. The maximum absolute atomic E-state index is 13.7. The third-order valence-corrected chi connectivity index (χ3v) is 13.6. The maximum Gasteiger partial charge on any atom is 0.262 e. The van der Waals surface area contributed by atoms with Gasteiger partial charge in [-0.15, -0.1) is 0 Å². The van der Waals surface area contributed by atoms with Crippen molar-refractivity contribution >= 4 is 52.7 Å². The van der Waals surface area contributed by atoms with Crippen LogP contribution >= 0.6 is 11.6 Å². The Bertz CT molecular complexity index is 2280. The summed E-state index contributed by atoms with van der Waals surface area (Å²) < 4.78 is 6.24. The van der Waals surface area contributed by atoms with Crippen LogP contribution in [0.25, 0.3) is 0 Å². The number of benzene rings is 3. The van der Waals surface area contributed by atoms with E-state index in [1.165, 1.54) is 0 Å². The lowest BCUT2D eigenvalue weighted by Crippen LogP contribution is -2.54. The van der Waals surface area contributed by atoms with Crippen molar-refractivity contribution in [3.05, 3.63) is 93.5 Å². The van der Waals surface area contributed by atoms with E-state index in [9.17, 15) is 34.0 Å². The Balaban J connectivity index is 0.725. The Labute approximate surface area is 352 Å². The van der Waals surface area contributed by atoms with Gasteiger partial charge in [-0.05, 0) is 92.6 Å². The lowest BCUT2D eigenvalue weighted by atomic mass is 9.95. The quantitative estimate of drug-likeness (QED) is 0.320. The van der Waals surface area contributed by atoms with Crippen molar-refractivity contribution in [2.75, 3.05) is 50.7 Å². The topological polar surface area (TPSA) is 164 Å². The van der Waals surface area contributed by atoms with Crippen molar-refractivity contribution in [2.24, 2.45) is 5.92 Å². The minimum absolute atomic E-state index is 0.0157. The van der Waals surface area contributed by atoms with E-state index in [-0.39, 0.29) is 48.4 Å². The average molecular weight is 832 g/mol. The molecule has 0 aromatic heterocycles. The van der Waals surface area contributed by atoms with Gasteiger partial charge in [-0.2, -0.15) is 5.26 Å². The molecule has 0 spiro atoms. The van der Waals surface area contributed by atoms with Crippen molar-refractivity contribution in [3.8, 4) is 11.8 Å². The van der Waals surface area contributed by atoms with Gasteiger partial charge in [-0.25, -0.2) is 0 Å². The van der Waals surface area contributed by atoms with Crippen LogP contribution < -0.4 is 15.0 Å². The molecule has 310 valence electrons. The largest absolute Gasteiger partial charge is 0.490 e. The van der Waals surface area contributed by atoms with Crippen LogP contribution in [0.3, 0.4) is 0 Å². The number of halogens is 1. The maximum atomic E-state index is 13.7. The predicted molar refractivity (Wildman–Crippen MR) is 220 cm³/mol. The highest BCUT2D eigenvalue weighted by Crippen LogP contribution is 2.39. The lowest BCUT2D eigenvalue weighted by Gasteiger charge is -2.39. The average Bonchev–Trinajstić information content (AvgIpc) is 3.67. The summed E-state index contributed by atoms with van der Waals surface area (Å²) in [5.41, 5.74) is 3.00. The number of nitrogens with zero attached hydrogens (tertiary/aromatic N) is 6. The van der Waals surface area contributed by atoms with Crippen molar-refractivity contribution in [2.45, 2.75) is 75.6 Å². The monoisotopic (exact) mass is 831 g/mol. The van der Waals surface area contributed by atoms with Crippen LogP contribution in [0.15, 0.2) is 60.7 Å². The summed E-state index contributed by atoms with van der Waals surface area (Å²) in [6, 6.07) is 18.7. The van der Waals surface area contributed by atoms with Gasteiger partial charge in [0, 0.05) is 100 Å². The van der Waals surface area contributed by atoms with Crippen molar-refractivity contribution < 1.29 is 33.5 Å². The Morgan fingerprint density at radius 2 is 1.43 bits per heavy atom. The summed E-state index contributed by atoms with van der Waals surface area (Å²) in [4.78, 5) is 87.4. The van der Waals surface area contributed by atoms with Crippen LogP contribution in [0.1, 0.15) is 98.4 Å². The molecule has 14 nitrogen and oxygen atoms in total. The van der Waals surface area contributed by atoms with Gasteiger partial charge in [0.1, 0.15) is 24.0 Å². The molecule has 6 heterocycles. The van der Waals surface area contributed by atoms with Crippen LogP contribution in [0, 0.1) is 17.2 Å². The van der Waals surface area contributed by atoms with Crippen LogP contribution in [0.5, 0.6) is 5.75 Å². The van der Waals surface area contributed by atoms with E-state index < -0.39 is 29.7 Å². The molecule has 6 amide bonds. The molecule has 2 bridgehead atoms. The standard InChI is InChI=1S/C45H46ClN7O7/c46-38-24-34(9-5-30(38)25-47)60-35-21-32-6-7-33(22-35)52(32)43(57)29-3-1-28(2-4-29)42(56)51-19-17-49(18-20-51)26-27-13-15-50(16-14-27)31-8-10-36-37(23-31)45(59)53(44(36)58)39-11-12-40(54)48-41(39)55/h1-5,8-10,23-24,27,32-33,35,39H,6-7,11-22,26H2,(H,48,54,55)/t32-,33+,35?,39?. The summed E-state index contributed by atoms with van der Waals surface area (Å²) in [5, 5.41) is 11.8. The van der Waals surface area contributed by atoms with Crippen molar-refractivity contribution in [1.82, 2.24) is 24.9 Å². The highest BCUT2D eigenvalue weighted by molar-refractivity contribution is 6.31. The molecule has 9 rings (SSSR count). The molecule has 6 aliphatic heterocycles. The van der Waals surface area contributed by atoms with Crippen molar-refractivity contribution in [3.63, 3.8) is 0 Å². The fourth-order valence-corrected chi connectivity index (χ4v) is 10.2. The molecule has 0 saturated carbocycles. The predicted octanol–water partition coefficient (Wildman–Crippen LogP) is 4.50. The van der Waals surface area contributed by atoms with Crippen LogP contribution in [0.4, 0.5) is 5.69 Å². The zero-order valence-corrected chi connectivity index (χ0v) is 33.9. The molecule has 6 aliphatic rings. The highest BCUT2D eigenvalue weighted by Gasteiger charge is 2.46. The second-order valence-electron chi connectivity index (χ2n) is 16.8. The van der Waals surface area contributed by atoms with Crippen molar-refractivity contribution in [1.29, 1.82) is 5.26 Å². The summed E-state index contributed by atoms with van der Waals surface area (Å²) in [7, 11) is 0. The Kier molecular flexibility index (Phi) is 10.8. The van der Waals surface area contributed by atoms with Gasteiger partial charge < -0.3 is 19.4 Å². The number of ether oxygens (including phenoxy) is 1. The number of nitriles is 1. The normalized spacial score (nSPS) is 24.7. The number of carbonyl (C=O) groups is 6. The zero-order chi connectivity index (χ0) is 41.7. The van der Waals surface area contributed by atoms with E-state index in [1.54, 1.807) is 54.6 Å². The molecule has 15 heteroatoms. The number of amides is 6. The number of piperidine rings is 3. The van der Waals surface area contributed by atoms with Gasteiger partial charge in [0.2, 0.25) is 11.8 Å². The zero-order valence-electron chi connectivity index (χ0n) is 33.2. The Morgan fingerprint density at radius 1 is 0.767 bits per heavy atom. The Hall–Kier alpha value is -5.78. The number of fused-ring (bicyclic) bond motifs is 3. The third-order valence-electron chi connectivity index (χ3n) is 13.2. The molecular weight excluding hydrogens is 786 g/mol. The first kappa shape index (κ1) is 39.7. The van der Waals surface area contributed by atoms with Gasteiger partial charge in [0.15, 0.2) is 0 Å². The fraction of sp³-hybridized carbons (Fsp3) is 0.444. The molecule has 3 aromatic carbocycles. The van der Waals surface area contributed by atoms with Gasteiger partial charge in [-0.3, -0.25) is 43.9 Å². The lowest BCUT2D eigenvalue weighted by molar-refractivity contribution is -0.136. The van der Waals surface area contributed by atoms with Gasteiger partial charge in [0.25, 0.3) is 23.6 Å². The molecule has 5 saturated heterocycles. The molecule has 5 fully saturated rings. The number of rotatable bonds is 8. The Morgan fingerprint density at radius 3 is 2.08 bits per heavy atom. The van der Waals surface area contributed by atoms with E-state index in [4.69, 9.17) is 16.3 Å². The number of hydrogen-bond donors (Lipinski definition) is 1. The third kappa shape index (κ3) is 7.60. The smallest absolute Gasteiger partial charge is 0.262 e. The number of imide groups is 2. The second kappa shape index (κ2) is 16.3. The molecule has 0 radical (unpaired) electrons. The number of piperazine rings is 1. The highest BCUT2D eigenvalue weighted by atomic mass is 35.5. The fourth-order valence-electron chi connectivity index (χ4n) is 10.0. The summed E-state index contributed by atoms with van der Waals surface area (Å²) in [6.07, 6.45) is 5.39. The van der Waals surface area contributed by atoms with Gasteiger partial charge >= 0.3 is 0 Å². The minimum atomic E-state index is -0.986. The first-order valence-corrected chi connectivity index (χ1v) is 21.3. The van der Waals surface area contributed by atoms with E-state index in [0.29, 0.717) is 52.0 Å². The van der Waals surface area contributed by atoms with E-state index in [0.717, 1.165) is 81.8 Å². The molecule has 1 N–H and O–H groups in total. The first-order chi connectivity index (χ1) is 29.0. The first-order valence-electron chi connectivity index (χ1n) is 21.0. The molecule has 2 unspecified atom stereocenters. The summed E-state index contributed by atoms with van der Waals surface area (Å²) in [5.74, 6) is -0.950. The van der Waals surface area contributed by atoms with Gasteiger partial charge in [-0.1, -0.05) is 11.6 Å². The van der Waals surface area contributed by atoms with E-state index in [1.807, 2.05) is 15.9 Å². The number of carbonyl (C=O) groups excluding carboxylic acids is 6. The molecule has 0 aliphatic carbocycles. The molecule has 4 atom stereocenters. The van der Waals surface area contributed by atoms with Crippen LogP contribution in [0.2, 0.25) is 5.02 Å². The second-order valence-corrected chi connectivity index (χ2v) is 17.2. The summed E-state index contributed by atoms with van der Waals surface area (Å²) in [6.45, 7) is 5.39. The molecule has 60 heavy (non-hydrogen) atoms. The number of nitrogens with one attached hydrogen (secondary N) is 1. The van der Waals surface area contributed by atoms with Crippen LogP contribution in [-0.4, -0.2) is 125 Å². The summed E-state index contributed by atoms with van der Waals surface area (Å²) >= 11 is 6.21. The van der Waals surface area contributed by atoms with E-state index >= 15 is 0 Å². The SMILES string of the molecule is N#Cc1ccc(OC2C[C@H]3CC[C@@H](C2)N3C(=O)c2ccc(C(=O)N3CCN(CC4CCN(c5ccc6c(c5)C(=O)N(C5CCC(=O)NC5=O)C6=O)CC4)CC3)cc2)cc1Cl.